The second kappa shape index (κ2) is 9.37. The minimum atomic E-state index is -0.199. The summed E-state index contributed by atoms with van der Waals surface area (Å²) in [7, 11) is 0. The van der Waals surface area contributed by atoms with E-state index in [4.69, 9.17) is 16.3 Å². The van der Waals surface area contributed by atoms with E-state index in [0.717, 1.165) is 24.5 Å². The van der Waals surface area contributed by atoms with Crippen LogP contribution in [0.5, 0.6) is 5.88 Å². The second-order valence-corrected chi connectivity index (χ2v) is 6.71. The van der Waals surface area contributed by atoms with E-state index in [2.05, 4.69) is 20.2 Å². The van der Waals surface area contributed by atoms with Crippen LogP contribution < -0.4 is 15.0 Å². The Labute approximate surface area is 164 Å². The van der Waals surface area contributed by atoms with Gasteiger partial charge in [-0.2, -0.15) is 4.98 Å². The fraction of sp³-hybridized carbons (Fsp3) is 0.350. The third-order valence-corrected chi connectivity index (χ3v) is 4.55. The van der Waals surface area contributed by atoms with Crippen molar-refractivity contribution in [3.63, 3.8) is 0 Å². The molecule has 1 aromatic heterocycles. The number of ether oxygens (including phenoxy) is 1. The summed E-state index contributed by atoms with van der Waals surface area (Å²) in [5.41, 5.74) is 0.802. The molecular formula is C20H23ClN4O2. The molecule has 0 atom stereocenters. The van der Waals surface area contributed by atoms with Gasteiger partial charge in [0.25, 0.3) is 0 Å². The maximum absolute atomic E-state index is 11.9. The normalized spacial score (nSPS) is 13.9. The molecule has 27 heavy (non-hydrogen) atoms. The number of anilines is 1. The largest absolute Gasteiger partial charge is 0.476 e. The van der Waals surface area contributed by atoms with Gasteiger partial charge in [-0.25, -0.2) is 4.98 Å². The number of hydrogen-bond acceptors (Lipinski definition) is 5. The Hall–Kier alpha value is -2.60. The van der Waals surface area contributed by atoms with E-state index in [1.54, 1.807) is 12.1 Å². The van der Waals surface area contributed by atoms with Gasteiger partial charge in [-0.3, -0.25) is 4.79 Å². The van der Waals surface area contributed by atoms with Crippen molar-refractivity contribution in [3.8, 4) is 5.88 Å². The third-order valence-electron chi connectivity index (χ3n) is 4.20. The van der Waals surface area contributed by atoms with E-state index >= 15 is 0 Å². The van der Waals surface area contributed by atoms with Gasteiger partial charge in [0.05, 0.1) is 6.54 Å². The molecule has 142 valence electrons. The monoisotopic (exact) mass is 386 g/mol. The summed E-state index contributed by atoms with van der Waals surface area (Å²) in [4.78, 5) is 22.9. The smallest absolute Gasteiger partial charge is 0.244 e. The van der Waals surface area contributed by atoms with E-state index in [1.165, 1.54) is 18.9 Å². The molecule has 0 radical (unpaired) electrons. The number of amides is 1. The van der Waals surface area contributed by atoms with Gasteiger partial charge in [-0.1, -0.05) is 29.8 Å². The summed E-state index contributed by atoms with van der Waals surface area (Å²) in [6.07, 6.45) is 5.52. The number of aryl methyl sites for hydroxylation is 1. The molecule has 0 bridgehead atoms. The minimum absolute atomic E-state index is 0.199. The van der Waals surface area contributed by atoms with E-state index in [1.807, 2.05) is 31.2 Å². The molecule has 0 aliphatic carbocycles. The molecule has 1 aromatic carbocycles. The lowest BCUT2D eigenvalue weighted by Gasteiger charge is -2.17. The molecule has 0 unspecified atom stereocenters. The Morgan fingerprint density at radius 1 is 1.30 bits per heavy atom. The molecule has 1 N–H and O–H groups in total. The van der Waals surface area contributed by atoms with Crippen LogP contribution in [0.25, 0.3) is 6.08 Å². The zero-order chi connectivity index (χ0) is 19.1. The number of rotatable bonds is 7. The molecular weight excluding hydrogens is 364 g/mol. The predicted molar refractivity (Wildman–Crippen MR) is 107 cm³/mol. The van der Waals surface area contributed by atoms with Gasteiger partial charge in [-0.15, -0.1) is 0 Å². The van der Waals surface area contributed by atoms with E-state index in [9.17, 15) is 4.79 Å². The molecule has 1 fully saturated rings. The number of halogens is 1. The number of benzene rings is 1. The van der Waals surface area contributed by atoms with Gasteiger partial charge in [-0.05, 0) is 37.5 Å². The summed E-state index contributed by atoms with van der Waals surface area (Å²) in [6, 6.07) is 9.22. The molecule has 2 heterocycles. The molecule has 6 nitrogen and oxygen atoms in total. The molecule has 1 saturated heterocycles. The lowest BCUT2D eigenvalue weighted by molar-refractivity contribution is -0.116. The topological polar surface area (TPSA) is 67.3 Å². The summed E-state index contributed by atoms with van der Waals surface area (Å²) in [5, 5.41) is 3.39. The van der Waals surface area contributed by atoms with Gasteiger partial charge in [0.1, 0.15) is 18.2 Å². The van der Waals surface area contributed by atoms with Crippen molar-refractivity contribution in [2.45, 2.75) is 19.8 Å². The second-order valence-electron chi connectivity index (χ2n) is 6.30. The van der Waals surface area contributed by atoms with Gasteiger partial charge in [0.2, 0.25) is 11.8 Å². The van der Waals surface area contributed by atoms with Crippen LogP contribution in [0, 0.1) is 6.92 Å². The van der Waals surface area contributed by atoms with Crippen molar-refractivity contribution in [1.29, 1.82) is 0 Å². The van der Waals surface area contributed by atoms with Gasteiger partial charge in [0, 0.05) is 30.3 Å². The highest BCUT2D eigenvalue weighted by Gasteiger charge is 2.15. The molecule has 1 aliphatic heterocycles. The number of hydrogen-bond donors (Lipinski definition) is 1. The summed E-state index contributed by atoms with van der Waals surface area (Å²) >= 11 is 6.06. The van der Waals surface area contributed by atoms with Crippen molar-refractivity contribution in [2.75, 3.05) is 31.1 Å². The highest BCUT2D eigenvalue weighted by molar-refractivity contribution is 6.32. The first-order valence-corrected chi connectivity index (χ1v) is 9.43. The Kier molecular flexibility index (Phi) is 6.65. The maximum Gasteiger partial charge on any atom is 0.244 e. The quantitative estimate of drug-likeness (QED) is 0.584. The first-order chi connectivity index (χ1) is 13.1. The molecule has 1 aliphatic rings. The molecule has 7 heteroatoms. The van der Waals surface area contributed by atoms with Crippen molar-refractivity contribution in [2.24, 2.45) is 0 Å². The first kappa shape index (κ1) is 19.2. The van der Waals surface area contributed by atoms with Gasteiger partial charge in [0.15, 0.2) is 0 Å². The van der Waals surface area contributed by atoms with Crippen molar-refractivity contribution < 1.29 is 9.53 Å². The highest BCUT2D eigenvalue weighted by atomic mass is 35.5. The predicted octanol–water partition coefficient (Wildman–Crippen LogP) is 3.25. The minimum Gasteiger partial charge on any atom is -0.476 e. The standard InChI is InChI=1S/C20H23ClN4O2/c1-15-23-18(25-11-4-5-12-25)14-20(24-15)27-13-10-22-19(26)9-8-16-6-2-3-7-17(16)21/h2-3,6-9,14H,4-5,10-13H2,1H3,(H,22,26)/b9-8+. The van der Waals surface area contributed by atoms with E-state index < -0.39 is 0 Å². The highest BCUT2D eigenvalue weighted by Crippen LogP contribution is 2.21. The number of nitrogens with one attached hydrogen (secondary N) is 1. The Morgan fingerprint density at radius 3 is 2.85 bits per heavy atom. The van der Waals surface area contributed by atoms with Crippen LogP contribution in [0.2, 0.25) is 5.02 Å². The SMILES string of the molecule is Cc1nc(OCCNC(=O)/C=C/c2ccccc2Cl)cc(N2CCCC2)n1. The maximum atomic E-state index is 11.9. The van der Waals surface area contributed by atoms with E-state index in [0.29, 0.717) is 29.9 Å². The molecule has 2 aromatic rings. The van der Waals surface area contributed by atoms with Gasteiger partial charge < -0.3 is 15.0 Å². The summed E-state index contributed by atoms with van der Waals surface area (Å²) in [5.74, 6) is 1.92. The average Bonchev–Trinajstić information content (AvgIpc) is 3.19. The lowest BCUT2D eigenvalue weighted by Crippen LogP contribution is -2.26. The number of nitrogens with zero attached hydrogens (tertiary/aromatic N) is 3. The Balaban J connectivity index is 1.46. The fourth-order valence-corrected chi connectivity index (χ4v) is 3.07. The van der Waals surface area contributed by atoms with Crippen molar-refractivity contribution in [1.82, 2.24) is 15.3 Å². The molecule has 0 saturated carbocycles. The van der Waals surface area contributed by atoms with Crippen LogP contribution in [0.3, 0.4) is 0 Å². The zero-order valence-corrected chi connectivity index (χ0v) is 16.1. The van der Waals surface area contributed by atoms with Crippen molar-refractivity contribution in [3.05, 3.63) is 52.8 Å². The number of aromatic nitrogens is 2. The van der Waals surface area contributed by atoms with E-state index in [-0.39, 0.29) is 5.91 Å². The van der Waals surface area contributed by atoms with Crippen LogP contribution in [0.1, 0.15) is 24.2 Å². The van der Waals surface area contributed by atoms with Crippen molar-refractivity contribution >= 4 is 29.4 Å². The average molecular weight is 387 g/mol. The molecule has 1 amide bonds. The summed E-state index contributed by atoms with van der Waals surface area (Å²) in [6.45, 7) is 4.61. The van der Waals surface area contributed by atoms with Crippen LogP contribution in [0.15, 0.2) is 36.4 Å². The number of carbonyl (C=O) groups is 1. The summed E-state index contributed by atoms with van der Waals surface area (Å²) < 4.78 is 5.68. The van der Waals surface area contributed by atoms with Crippen LogP contribution >= 0.6 is 11.6 Å². The first-order valence-electron chi connectivity index (χ1n) is 9.06. The Morgan fingerprint density at radius 2 is 2.07 bits per heavy atom. The Bertz CT molecular complexity index is 819. The van der Waals surface area contributed by atoms with Crippen LogP contribution in [-0.4, -0.2) is 42.1 Å². The number of carbonyl (C=O) groups excluding carboxylic acids is 1. The van der Waals surface area contributed by atoms with Gasteiger partial charge >= 0.3 is 0 Å². The fourth-order valence-electron chi connectivity index (χ4n) is 2.87. The molecule has 0 spiro atoms. The van der Waals surface area contributed by atoms with Crippen LogP contribution in [-0.2, 0) is 4.79 Å². The zero-order valence-electron chi connectivity index (χ0n) is 15.3. The van der Waals surface area contributed by atoms with Crippen LogP contribution in [0.4, 0.5) is 5.82 Å². The lowest BCUT2D eigenvalue weighted by atomic mass is 10.2. The third kappa shape index (κ3) is 5.69. The molecule has 3 rings (SSSR count).